The van der Waals surface area contributed by atoms with Gasteiger partial charge in [0.1, 0.15) is 5.75 Å². The lowest BCUT2D eigenvalue weighted by Gasteiger charge is -2.30. The van der Waals surface area contributed by atoms with Gasteiger partial charge in [-0.3, -0.25) is 9.78 Å². The third kappa shape index (κ3) is 7.32. The van der Waals surface area contributed by atoms with Crippen molar-refractivity contribution >= 4 is 41.1 Å². The maximum atomic E-state index is 11.9. The first kappa shape index (κ1) is 25.4. The average Bonchev–Trinajstić information content (AvgIpc) is 2.68. The van der Waals surface area contributed by atoms with E-state index in [1.54, 1.807) is 0 Å². The molecule has 0 unspecified atom stereocenters. The Hall–Kier alpha value is -2.63. The van der Waals surface area contributed by atoms with Crippen LogP contribution in [0.3, 0.4) is 0 Å². The molecule has 1 aromatic carbocycles. The van der Waals surface area contributed by atoms with Crippen LogP contribution in [-0.4, -0.2) is 29.2 Å². The molecule has 1 amide bonds. The number of nitrogens with one attached hydrogen (secondary N) is 1. The number of carbonyl (C=O) groups is 1. The van der Waals surface area contributed by atoms with Crippen molar-refractivity contribution in [2.24, 2.45) is 0 Å². The Kier molecular flexibility index (Phi) is 10.9. The van der Waals surface area contributed by atoms with Crippen molar-refractivity contribution in [3.8, 4) is 5.75 Å². The van der Waals surface area contributed by atoms with Gasteiger partial charge in [-0.1, -0.05) is 19.4 Å². The standard InChI is InChI=1S/C21H29N3O2.CO2.ClH/c1-3-4-8-20(25)24-15-9-11-16(12-10-15)26-19-7-5-6-18-21(19)17(22)13-14(2)23-18;2-1-3;/h5-7,13,15-16H,3-4,8-12H2,1-2H3,(H2,22,23)(H,24,25);;1H. The van der Waals surface area contributed by atoms with Crippen molar-refractivity contribution in [1.82, 2.24) is 10.3 Å². The molecule has 30 heavy (non-hydrogen) atoms. The minimum absolute atomic E-state index is 0. The summed E-state index contributed by atoms with van der Waals surface area (Å²) < 4.78 is 6.27. The quantitative estimate of drug-likeness (QED) is 0.710. The van der Waals surface area contributed by atoms with Crippen LogP contribution in [0.15, 0.2) is 24.3 Å². The molecule has 7 nitrogen and oxygen atoms in total. The molecule has 1 saturated carbocycles. The molecule has 1 heterocycles. The number of aromatic nitrogens is 1. The number of unbranched alkanes of at least 4 members (excludes halogenated alkanes) is 1. The number of hydrogen-bond acceptors (Lipinski definition) is 6. The first-order valence-electron chi connectivity index (χ1n) is 10.1. The van der Waals surface area contributed by atoms with Gasteiger partial charge < -0.3 is 15.8 Å². The summed E-state index contributed by atoms with van der Waals surface area (Å²) in [5.41, 5.74) is 8.70. The summed E-state index contributed by atoms with van der Waals surface area (Å²) in [7, 11) is 0. The van der Waals surface area contributed by atoms with Gasteiger partial charge in [0.15, 0.2) is 0 Å². The number of benzene rings is 1. The van der Waals surface area contributed by atoms with E-state index in [2.05, 4.69) is 17.2 Å². The number of anilines is 1. The molecular formula is C22H30ClN3O4. The van der Waals surface area contributed by atoms with E-state index in [4.69, 9.17) is 20.1 Å². The highest BCUT2D eigenvalue weighted by atomic mass is 35.5. The van der Waals surface area contributed by atoms with Crippen LogP contribution in [0.4, 0.5) is 5.69 Å². The van der Waals surface area contributed by atoms with Crippen molar-refractivity contribution in [2.45, 2.75) is 70.9 Å². The van der Waals surface area contributed by atoms with Crippen LogP contribution in [0.2, 0.25) is 0 Å². The first-order chi connectivity index (χ1) is 14.0. The summed E-state index contributed by atoms with van der Waals surface area (Å²) in [5.74, 6) is 0.988. The molecule has 0 bridgehead atoms. The highest BCUT2D eigenvalue weighted by Gasteiger charge is 2.24. The molecule has 0 saturated heterocycles. The highest BCUT2D eigenvalue weighted by Crippen LogP contribution is 2.33. The van der Waals surface area contributed by atoms with Crippen LogP contribution in [-0.2, 0) is 14.4 Å². The molecule has 0 aliphatic heterocycles. The summed E-state index contributed by atoms with van der Waals surface area (Å²) >= 11 is 0. The SMILES string of the molecule is CCCCC(=O)NC1CCC(Oc2cccc3nc(C)cc(N)c23)CC1.Cl.O=C=O. The molecule has 3 N–H and O–H groups in total. The van der Waals surface area contributed by atoms with Gasteiger partial charge in [0.25, 0.3) is 0 Å². The molecule has 1 aromatic heterocycles. The summed E-state index contributed by atoms with van der Waals surface area (Å²) in [5, 5.41) is 4.05. The van der Waals surface area contributed by atoms with Crippen LogP contribution in [0, 0.1) is 6.92 Å². The van der Waals surface area contributed by atoms with E-state index in [9.17, 15) is 4.79 Å². The Morgan fingerprint density at radius 1 is 1.27 bits per heavy atom. The van der Waals surface area contributed by atoms with E-state index >= 15 is 0 Å². The summed E-state index contributed by atoms with van der Waals surface area (Å²) in [6.07, 6.45) is 6.85. The van der Waals surface area contributed by atoms with Gasteiger partial charge >= 0.3 is 6.15 Å². The lowest BCUT2D eigenvalue weighted by atomic mass is 9.92. The fourth-order valence-electron chi connectivity index (χ4n) is 3.66. The lowest BCUT2D eigenvalue weighted by molar-refractivity contribution is -0.191. The third-order valence-corrected chi connectivity index (χ3v) is 5.04. The average molecular weight is 436 g/mol. The number of halogens is 1. The van der Waals surface area contributed by atoms with Gasteiger partial charge in [0.2, 0.25) is 5.91 Å². The predicted molar refractivity (Wildman–Crippen MR) is 117 cm³/mol. The van der Waals surface area contributed by atoms with Gasteiger partial charge in [-0.15, -0.1) is 12.4 Å². The van der Waals surface area contributed by atoms with E-state index in [1.165, 1.54) is 0 Å². The molecular weight excluding hydrogens is 406 g/mol. The Morgan fingerprint density at radius 3 is 2.57 bits per heavy atom. The van der Waals surface area contributed by atoms with E-state index in [0.29, 0.717) is 12.1 Å². The maximum Gasteiger partial charge on any atom is 0.373 e. The summed E-state index contributed by atoms with van der Waals surface area (Å²) in [6.45, 7) is 4.05. The zero-order valence-corrected chi connectivity index (χ0v) is 18.3. The van der Waals surface area contributed by atoms with Gasteiger partial charge in [-0.05, 0) is 57.2 Å². The minimum atomic E-state index is 0. The van der Waals surface area contributed by atoms with Crippen molar-refractivity contribution in [3.63, 3.8) is 0 Å². The normalized spacial score (nSPS) is 17.7. The molecule has 1 aliphatic rings. The molecule has 2 aromatic rings. The highest BCUT2D eigenvalue weighted by molar-refractivity contribution is 5.95. The zero-order valence-electron chi connectivity index (χ0n) is 17.5. The van der Waals surface area contributed by atoms with Crippen LogP contribution in [0.25, 0.3) is 10.9 Å². The number of amides is 1. The third-order valence-electron chi connectivity index (χ3n) is 5.04. The largest absolute Gasteiger partial charge is 0.490 e. The number of hydrogen-bond donors (Lipinski definition) is 2. The van der Waals surface area contributed by atoms with E-state index < -0.39 is 0 Å². The topological polar surface area (TPSA) is 111 Å². The Labute approximate surface area is 183 Å². The summed E-state index contributed by atoms with van der Waals surface area (Å²) in [4.78, 5) is 32.7. The Morgan fingerprint density at radius 2 is 1.93 bits per heavy atom. The molecule has 1 aliphatic carbocycles. The molecule has 0 spiro atoms. The molecule has 164 valence electrons. The summed E-state index contributed by atoms with van der Waals surface area (Å²) in [6, 6.07) is 8.06. The van der Waals surface area contributed by atoms with Crippen LogP contribution < -0.4 is 15.8 Å². The van der Waals surface area contributed by atoms with Gasteiger partial charge in [-0.25, -0.2) is 0 Å². The smallest absolute Gasteiger partial charge is 0.373 e. The fraction of sp³-hybridized carbons (Fsp3) is 0.500. The van der Waals surface area contributed by atoms with E-state index in [-0.39, 0.29) is 36.6 Å². The number of nitrogens with two attached hydrogens (primary N) is 1. The number of nitrogen functional groups attached to an aromatic ring is 1. The number of ether oxygens (including phenoxy) is 1. The second kappa shape index (κ2) is 12.8. The Balaban J connectivity index is 0.00000106. The van der Waals surface area contributed by atoms with Crippen LogP contribution in [0.1, 0.15) is 57.6 Å². The second-order valence-corrected chi connectivity index (χ2v) is 7.35. The number of nitrogens with zero attached hydrogens (tertiary/aromatic N) is 1. The number of pyridine rings is 1. The van der Waals surface area contributed by atoms with Crippen molar-refractivity contribution in [3.05, 3.63) is 30.0 Å². The predicted octanol–water partition coefficient (Wildman–Crippen LogP) is 3.96. The number of fused-ring (bicyclic) bond motifs is 1. The zero-order chi connectivity index (χ0) is 21.2. The van der Waals surface area contributed by atoms with Gasteiger partial charge in [-0.2, -0.15) is 9.59 Å². The van der Waals surface area contributed by atoms with Crippen molar-refractivity contribution < 1.29 is 19.1 Å². The van der Waals surface area contributed by atoms with Crippen molar-refractivity contribution in [1.29, 1.82) is 0 Å². The molecule has 3 rings (SSSR count). The molecule has 1 fully saturated rings. The Bertz CT molecular complexity index is 861. The molecule has 0 atom stereocenters. The maximum absolute atomic E-state index is 11.9. The van der Waals surface area contributed by atoms with Crippen LogP contribution in [0.5, 0.6) is 5.75 Å². The monoisotopic (exact) mass is 435 g/mol. The fourth-order valence-corrected chi connectivity index (χ4v) is 3.66. The minimum Gasteiger partial charge on any atom is -0.490 e. The first-order valence-corrected chi connectivity index (χ1v) is 10.1. The second-order valence-electron chi connectivity index (χ2n) is 7.35. The van der Waals surface area contributed by atoms with Crippen LogP contribution >= 0.6 is 12.4 Å². The number of rotatable bonds is 6. The van der Waals surface area contributed by atoms with Gasteiger partial charge in [0, 0.05) is 23.8 Å². The number of aryl methyl sites for hydroxylation is 1. The van der Waals surface area contributed by atoms with E-state index in [1.807, 2.05) is 31.2 Å². The van der Waals surface area contributed by atoms with Gasteiger partial charge in [0.05, 0.1) is 17.0 Å². The van der Waals surface area contributed by atoms with E-state index in [0.717, 1.165) is 60.9 Å². The molecule has 8 heteroatoms. The van der Waals surface area contributed by atoms with Crippen molar-refractivity contribution in [2.75, 3.05) is 5.73 Å². The number of carbonyl (C=O) groups excluding carboxylic acids is 3. The molecule has 0 radical (unpaired) electrons. The lowest BCUT2D eigenvalue weighted by Crippen LogP contribution is -2.39.